The van der Waals surface area contributed by atoms with E-state index >= 15 is 0 Å². The van der Waals surface area contributed by atoms with Gasteiger partial charge in [0.25, 0.3) is 0 Å². The molecule has 2 heterocycles. The van der Waals surface area contributed by atoms with Crippen LogP contribution in [0, 0.1) is 5.92 Å². The summed E-state index contributed by atoms with van der Waals surface area (Å²) < 4.78 is 0.734. The molecule has 1 aliphatic rings. The lowest BCUT2D eigenvalue weighted by molar-refractivity contribution is -0.136. The minimum absolute atomic E-state index is 0.0857. The van der Waals surface area contributed by atoms with Crippen molar-refractivity contribution in [3.63, 3.8) is 0 Å². The van der Waals surface area contributed by atoms with Gasteiger partial charge in [0, 0.05) is 17.2 Å². The van der Waals surface area contributed by atoms with Crippen LogP contribution in [0.3, 0.4) is 0 Å². The molecule has 15 heavy (non-hydrogen) atoms. The summed E-state index contributed by atoms with van der Waals surface area (Å²) in [6.45, 7) is 0. The first-order valence-corrected chi connectivity index (χ1v) is 5.92. The first-order chi connectivity index (χ1) is 7.15. The van der Waals surface area contributed by atoms with Crippen LogP contribution < -0.4 is 5.32 Å². The minimum atomic E-state index is -0.166. The summed E-state index contributed by atoms with van der Waals surface area (Å²) in [5.74, 6) is -0.409. The van der Waals surface area contributed by atoms with E-state index in [9.17, 15) is 9.59 Å². The van der Waals surface area contributed by atoms with Gasteiger partial charge in [0.05, 0.1) is 4.34 Å². The van der Waals surface area contributed by atoms with E-state index in [0.717, 1.165) is 9.21 Å². The molecule has 0 radical (unpaired) electrons. The monoisotopic (exact) mass is 243 g/mol. The fourth-order valence-electron chi connectivity index (χ4n) is 1.64. The second-order valence-electron chi connectivity index (χ2n) is 3.56. The molecule has 1 aromatic heterocycles. The summed E-state index contributed by atoms with van der Waals surface area (Å²) >= 11 is 7.29. The number of rotatable bonds is 2. The van der Waals surface area contributed by atoms with Gasteiger partial charge in [-0.05, 0) is 25.0 Å². The third-order valence-corrected chi connectivity index (χ3v) is 3.68. The average Bonchev–Trinajstić information content (AvgIpc) is 2.56. The number of carbonyl (C=O) groups excluding carboxylic acids is 2. The Balaban J connectivity index is 2.00. The van der Waals surface area contributed by atoms with Gasteiger partial charge in [-0.15, -0.1) is 11.3 Å². The quantitative estimate of drug-likeness (QED) is 0.808. The highest BCUT2D eigenvalue weighted by molar-refractivity contribution is 7.16. The topological polar surface area (TPSA) is 46.2 Å². The minimum Gasteiger partial charge on any atom is -0.296 e. The molecule has 2 rings (SSSR count). The van der Waals surface area contributed by atoms with Gasteiger partial charge in [-0.1, -0.05) is 11.6 Å². The van der Waals surface area contributed by atoms with Crippen LogP contribution in [0.4, 0.5) is 0 Å². The molecule has 0 aliphatic carbocycles. The predicted molar refractivity (Wildman–Crippen MR) is 58.9 cm³/mol. The lowest BCUT2D eigenvalue weighted by atomic mass is 9.94. The molecule has 1 atom stereocenters. The maximum atomic E-state index is 11.5. The van der Waals surface area contributed by atoms with E-state index in [1.54, 1.807) is 0 Å². The van der Waals surface area contributed by atoms with Crippen molar-refractivity contribution in [1.29, 1.82) is 0 Å². The normalized spacial score (nSPS) is 21.5. The van der Waals surface area contributed by atoms with Crippen LogP contribution in [0.15, 0.2) is 12.1 Å². The molecule has 1 fully saturated rings. The summed E-state index contributed by atoms with van der Waals surface area (Å²) in [7, 11) is 0. The maximum absolute atomic E-state index is 11.5. The van der Waals surface area contributed by atoms with Gasteiger partial charge in [-0.2, -0.15) is 0 Å². The zero-order chi connectivity index (χ0) is 10.8. The molecule has 1 N–H and O–H groups in total. The molecular formula is C10H10ClNO2S. The Morgan fingerprint density at radius 2 is 2.27 bits per heavy atom. The van der Waals surface area contributed by atoms with Gasteiger partial charge in [-0.3, -0.25) is 14.9 Å². The largest absolute Gasteiger partial charge is 0.296 e. The van der Waals surface area contributed by atoms with Crippen LogP contribution >= 0.6 is 22.9 Å². The summed E-state index contributed by atoms with van der Waals surface area (Å²) in [6, 6.07) is 3.75. The van der Waals surface area contributed by atoms with Crippen molar-refractivity contribution in [3.05, 3.63) is 21.3 Å². The maximum Gasteiger partial charge on any atom is 0.230 e. The molecule has 5 heteroatoms. The van der Waals surface area contributed by atoms with E-state index < -0.39 is 0 Å². The number of carbonyl (C=O) groups is 2. The van der Waals surface area contributed by atoms with Crippen LogP contribution in [-0.4, -0.2) is 11.8 Å². The standard InChI is InChI=1S/C10H10ClNO2S/c11-8-3-2-7(15-8)5-6-1-4-9(13)12-10(6)14/h2-3,6H,1,4-5H2,(H,12,13,14). The number of nitrogens with one attached hydrogen (secondary N) is 1. The van der Waals surface area contributed by atoms with Crippen molar-refractivity contribution in [2.24, 2.45) is 5.92 Å². The van der Waals surface area contributed by atoms with E-state index in [2.05, 4.69) is 5.32 Å². The Bertz CT molecular complexity index is 402. The molecule has 0 bridgehead atoms. The van der Waals surface area contributed by atoms with Crippen molar-refractivity contribution in [1.82, 2.24) is 5.32 Å². The van der Waals surface area contributed by atoms with Crippen LogP contribution in [0.25, 0.3) is 0 Å². The number of hydrogen-bond acceptors (Lipinski definition) is 3. The predicted octanol–water partition coefficient (Wildman–Crippen LogP) is 2.00. The highest BCUT2D eigenvalue weighted by atomic mass is 35.5. The Morgan fingerprint density at radius 3 is 2.87 bits per heavy atom. The third kappa shape index (κ3) is 2.58. The van der Waals surface area contributed by atoms with E-state index in [1.807, 2.05) is 12.1 Å². The second-order valence-corrected chi connectivity index (χ2v) is 5.36. The van der Waals surface area contributed by atoms with Crippen molar-refractivity contribution >= 4 is 34.8 Å². The molecular weight excluding hydrogens is 234 g/mol. The number of hydrogen-bond donors (Lipinski definition) is 1. The van der Waals surface area contributed by atoms with Crippen LogP contribution in [-0.2, 0) is 16.0 Å². The van der Waals surface area contributed by atoms with E-state index in [1.165, 1.54) is 11.3 Å². The first-order valence-electron chi connectivity index (χ1n) is 4.73. The van der Waals surface area contributed by atoms with Crippen molar-refractivity contribution in [2.75, 3.05) is 0 Å². The number of imide groups is 1. The van der Waals surface area contributed by atoms with E-state index in [0.29, 0.717) is 19.3 Å². The molecule has 0 aromatic carbocycles. The number of halogens is 1. The number of amides is 2. The number of piperidine rings is 1. The Morgan fingerprint density at radius 1 is 1.47 bits per heavy atom. The smallest absolute Gasteiger partial charge is 0.230 e. The number of thiophene rings is 1. The molecule has 1 aliphatic heterocycles. The average molecular weight is 244 g/mol. The van der Waals surface area contributed by atoms with Crippen molar-refractivity contribution in [3.8, 4) is 0 Å². The Kier molecular flexibility index (Phi) is 3.07. The van der Waals surface area contributed by atoms with Gasteiger partial charge in [-0.25, -0.2) is 0 Å². The zero-order valence-corrected chi connectivity index (χ0v) is 9.53. The SMILES string of the molecule is O=C1CCC(Cc2ccc(Cl)s2)C(=O)N1. The Hall–Kier alpha value is -0.870. The van der Waals surface area contributed by atoms with Crippen LogP contribution in [0.5, 0.6) is 0 Å². The van der Waals surface area contributed by atoms with Gasteiger partial charge in [0.15, 0.2) is 0 Å². The summed E-state index contributed by atoms with van der Waals surface area (Å²) in [4.78, 5) is 23.5. The summed E-state index contributed by atoms with van der Waals surface area (Å²) in [5, 5.41) is 2.35. The molecule has 1 saturated heterocycles. The molecule has 2 amide bonds. The zero-order valence-electron chi connectivity index (χ0n) is 7.96. The van der Waals surface area contributed by atoms with Gasteiger partial charge < -0.3 is 0 Å². The Labute approximate surface area is 96.4 Å². The fourth-order valence-corrected chi connectivity index (χ4v) is 2.80. The van der Waals surface area contributed by atoms with Crippen LogP contribution in [0.1, 0.15) is 17.7 Å². The lowest BCUT2D eigenvalue weighted by Crippen LogP contribution is -2.41. The van der Waals surface area contributed by atoms with Crippen LogP contribution in [0.2, 0.25) is 4.34 Å². The molecule has 1 aromatic rings. The second kappa shape index (κ2) is 4.33. The summed E-state index contributed by atoms with van der Waals surface area (Å²) in [5.41, 5.74) is 0. The lowest BCUT2D eigenvalue weighted by Gasteiger charge is -2.19. The highest BCUT2D eigenvalue weighted by Crippen LogP contribution is 2.26. The summed E-state index contributed by atoms with van der Waals surface area (Å²) in [6.07, 6.45) is 1.76. The van der Waals surface area contributed by atoms with Gasteiger partial charge in [0.1, 0.15) is 0 Å². The third-order valence-electron chi connectivity index (χ3n) is 2.43. The highest BCUT2D eigenvalue weighted by Gasteiger charge is 2.26. The van der Waals surface area contributed by atoms with E-state index in [4.69, 9.17) is 11.6 Å². The van der Waals surface area contributed by atoms with E-state index in [-0.39, 0.29) is 17.7 Å². The van der Waals surface area contributed by atoms with Crippen molar-refractivity contribution < 1.29 is 9.59 Å². The van der Waals surface area contributed by atoms with Gasteiger partial charge in [0.2, 0.25) is 11.8 Å². The van der Waals surface area contributed by atoms with Crippen molar-refractivity contribution in [2.45, 2.75) is 19.3 Å². The fraction of sp³-hybridized carbons (Fsp3) is 0.400. The molecule has 1 unspecified atom stereocenters. The molecule has 3 nitrogen and oxygen atoms in total. The van der Waals surface area contributed by atoms with Gasteiger partial charge >= 0.3 is 0 Å². The molecule has 0 spiro atoms. The first kappa shape index (κ1) is 10.6. The molecule has 0 saturated carbocycles. The molecule has 80 valence electrons.